The van der Waals surface area contributed by atoms with Crippen molar-refractivity contribution in [2.45, 2.75) is 32.2 Å². The van der Waals surface area contributed by atoms with E-state index in [-0.39, 0.29) is 18.1 Å². The van der Waals surface area contributed by atoms with Crippen molar-refractivity contribution in [1.82, 2.24) is 5.32 Å². The van der Waals surface area contributed by atoms with Crippen LogP contribution in [0.15, 0.2) is 27.6 Å². The van der Waals surface area contributed by atoms with Crippen LogP contribution in [-0.2, 0) is 0 Å². The highest BCUT2D eigenvalue weighted by atomic mass is 16.4. The number of aliphatic hydroxyl groups excluding tert-OH is 1. The lowest BCUT2D eigenvalue weighted by molar-refractivity contribution is 0.0815. The van der Waals surface area contributed by atoms with Crippen molar-refractivity contribution < 1.29 is 14.3 Å². The summed E-state index contributed by atoms with van der Waals surface area (Å²) in [5.74, 6) is -0.355. The van der Waals surface area contributed by atoms with Crippen LogP contribution in [0.1, 0.15) is 37.0 Å². The van der Waals surface area contributed by atoms with Crippen LogP contribution in [0.4, 0.5) is 0 Å². The third-order valence-electron chi connectivity index (χ3n) is 3.00. The van der Waals surface area contributed by atoms with Gasteiger partial charge in [0.05, 0.1) is 17.7 Å². The quantitative estimate of drug-likeness (QED) is 0.800. The number of aliphatic hydroxyl groups is 1. The van der Waals surface area contributed by atoms with Crippen LogP contribution in [-0.4, -0.2) is 23.2 Å². The Hall–Kier alpha value is -1.62. The molecule has 0 bridgehead atoms. The maximum Gasteiger partial charge on any atom is 0.335 e. The van der Waals surface area contributed by atoms with Gasteiger partial charge in [-0.05, 0) is 18.9 Å². The minimum atomic E-state index is -0.618. The molecule has 0 saturated carbocycles. The Morgan fingerprint density at radius 3 is 2.47 bits per heavy atom. The summed E-state index contributed by atoms with van der Waals surface area (Å²) in [7, 11) is 0. The topological polar surface area (TPSA) is 79.5 Å². The molecule has 0 aliphatic carbocycles. The molecule has 1 rings (SSSR count). The third kappa shape index (κ3) is 3.17. The van der Waals surface area contributed by atoms with Gasteiger partial charge in [-0.1, -0.05) is 13.8 Å². The number of hydrogen-bond donors (Lipinski definition) is 2. The fourth-order valence-electron chi connectivity index (χ4n) is 1.49. The number of rotatable bonds is 5. The molecule has 0 saturated heterocycles. The molecule has 5 nitrogen and oxygen atoms in total. The van der Waals surface area contributed by atoms with Gasteiger partial charge in [-0.2, -0.15) is 0 Å². The van der Waals surface area contributed by atoms with E-state index in [0.717, 1.165) is 6.26 Å². The summed E-state index contributed by atoms with van der Waals surface area (Å²) in [6.45, 7) is 3.67. The Morgan fingerprint density at radius 2 is 2.06 bits per heavy atom. The van der Waals surface area contributed by atoms with E-state index in [4.69, 9.17) is 0 Å². The Labute approximate surface area is 99.5 Å². The number of amides is 1. The second-order valence-corrected chi connectivity index (χ2v) is 3.94. The third-order valence-corrected chi connectivity index (χ3v) is 3.00. The average Bonchev–Trinajstić information content (AvgIpc) is 2.37. The smallest absolute Gasteiger partial charge is 0.335 e. The van der Waals surface area contributed by atoms with E-state index in [1.54, 1.807) is 0 Å². The first-order valence-electron chi connectivity index (χ1n) is 5.59. The lowest BCUT2D eigenvalue weighted by Gasteiger charge is -2.30. The van der Waals surface area contributed by atoms with Crippen LogP contribution in [0.5, 0.6) is 0 Å². The predicted octanol–water partition coefficient (Wildman–Crippen LogP) is 0.921. The molecule has 1 aromatic rings. The van der Waals surface area contributed by atoms with E-state index < -0.39 is 11.2 Å². The van der Waals surface area contributed by atoms with Crippen LogP contribution in [0, 0.1) is 0 Å². The number of carbonyl (C=O) groups excluding carboxylic acids is 1. The molecule has 0 aliphatic rings. The standard InChI is InChI=1S/C12H17NO4/c1-3-12(4-2,8-14)13-11(16)9-5-6-10(15)17-7-9/h5-7,14H,3-4,8H2,1-2H3,(H,13,16). The van der Waals surface area contributed by atoms with E-state index >= 15 is 0 Å². The fourth-order valence-corrected chi connectivity index (χ4v) is 1.49. The Bertz CT molecular complexity index is 406. The predicted molar refractivity (Wildman–Crippen MR) is 62.8 cm³/mol. The first-order valence-corrected chi connectivity index (χ1v) is 5.59. The normalized spacial score (nSPS) is 11.2. The summed E-state index contributed by atoms with van der Waals surface area (Å²) < 4.78 is 4.62. The van der Waals surface area contributed by atoms with Crippen molar-refractivity contribution in [2.24, 2.45) is 0 Å². The van der Waals surface area contributed by atoms with Crippen LogP contribution in [0.25, 0.3) is 0 Å². The second kappa shape index (κ2) is 5.63. The van der Waals surface area contributed by atoms with E-state index in [9.17, 15) is 14.7 Å². The van der Waals surface area contributed by atoms with Crippen LogP contribution in [0.3, 0.4) is 0 Å². The molecule has 0 spiro atoms. The van der Waals surface area contributed by atoms with Crippen LogP contribution < -0.4 is 10.9 Å². The molecule has 1 aromatic heterocycles. The van der Waals surface area contributed by atoms with Gasteiger partial charge in [-0.25, -0.2) is 4.79 Å². The van der Waals surface area contributed by atoms with Gasteiger partial charge in [-0.15, -0.1) is 0 Å². The SMILES string of the molecule is CCC(CC)(CO)NC(=O)c1ccc(=O)oc1. The molecular formula is C12H17NO4. The lowest BCUT2D eigenvalue weighted by atomic mass is 9.93. The van der Waals surface area contributed by atoms with Gasteiger partial charge in [-0.3, -0.25) is 4.79 Å². The maximum atomic E-state index is 11.9. The average molecular weight is 239 g/mol. The van der Waals surface area contributed by atoms with Crippen molar-refractivity contribution in [3.63, 3.8) is 0 Å². The van der Waals surface area contributed by atoms with E-state index in [1.165, 1.54) is 12.1 Å². The zero-order valence-electron chi connectivity index (χ0n) is 10.0. The zero-order valence-corrected chi connectivity index (χ0v) is 10.0. The fraction of sp³-hybridized carbons (Fsp3) is 0.500. The highest BCUT2D eigenvalue weighted by Crippen LogP contribution is 2.15. The van der Waals surface area contributed by atoms with E-state index in [1.807, 2.05) is 13.8 Å². The van der Waals surface area contributed by atoms with Crippen LogP contribution in [0.2, 0.25) is 0 Å². The van der Waals surface area contributed by atoms with Crippen molar-refractivity contribution >= 4 is 5.91 Å². The number of nitrogens with one attached hydrogen (secondary N) is 1. The molecule has 94 valence electrons. The first kappa shape index (κ1) is 13.4. The molecule has 0 aliphatic heterocycles. The Kier molecular flexibility index (Phi) is 4.45. The second-order valence-electron chi connectivity index (χ2n) is 3.94. The Morgan fingerprint density at radius 1 is 1.41 bits per heavy atom. The highest BCUT2D eigenvalue weighted by Gasteiger charge is 2.27. The van der Waals surface area contributed by atoms with Gasteiger partial charge in [0.2, 0.25) is 0 Å². The largest absolute Gasteiger partial charge is 0.430 e. The van der Waals surface area contributed by atoms with E-state index in [0.29, 0.717) is 12.8 Å². The monoisotopic (exact) mass is 239 g/mol. The molecule has 0 aromatic carbocycles. The molecule has 0 atom stereocenters. The summed E-state index contributed by atoms with van der Waals surface area (Å²) in [6, 6.07) is 2.59. The van der Waals surface area contributed by atoms with Gasteiger partial charge in [0.1, 0.15) is 6.26 Å². The summed E-state index contributed by atoms with van der Waals surface area (Å²) in [5.41, 5.74) is -0.849. The van der Waals surface area contributed by atoms with E-state index in [2.05, 4.69) is 9.73 Å². The van der Waals surface area contributed by atoms with Crippen molar-refractivity contribution in [3.05, 3.63) is 34.4 Å². The highest BCUT2D eigenvalue weighted by molar-refractivity contribution is 5.94. The molecular weight excluding hydrogens is 222 g/mol. The molecule has 2 N–H and O–H groups in total. The van der Waals surface area contributed by atoms with Crippen molar-refractivity contribution in [3.8, 4) is 0 Å². The minimum absolute atomic E-state index is 0.122. The lowest BCUT2D eigenvalue weighted by Crippen LogP contribution is -2.50. The molecule has 0 radical (unpaired) electrons. The van der Waals surface area contributed by atoms with Gasteiger partial charge < -0.3 is 14.8 Å². The molecule has 1 heterocycles. The summed E-state index contributed by atoms with van der Waals surface area (Å²) in [5, 5.41) is 12.1. The summed E-state index contributed by atoms with van der Waals surface area (Å²) >= 11 is 0. The van der Waals surface area contributed by atoms with Gasteiger partial charge >= 0.3 is 5.63 Å². The van der Waals surface area contributed by atoms with Gasteiger partial charge in [0.25, 0.3) is 5.91 Å². The molecule has 17 heavy (non-hydrogen) atoms. The number of carbonyl (C=O) groups is 1. The van der Waals surface area contributed by atoms with Crippen LogP contribution >= 0.6 is 0 Å². The summed E-state index contributed by atoms with van der Waals surface area (Å²) in [6.07, 6.45) is 2.37. The van der Waals surface area contributed by atoms with Gasteiger partial charge in [0.15, 0.2) is 0 Å². The van der Waals surface area contributed by atoms with Crippen molar-refractivity contribution in [1.29, 1.82) is 0 Å². The minimum Gasteiger partial charge on any atom is -0.430 e. The maximum absolute atomic E-state index is 11.9. The molecule has 5 heteroatoms. The molecule has 0 unspecified atom stereocenters. The molecule has 0 fully saturated rings. The first-order chi connectivity index (χ1) is 8.06. The zero-order chi connectivity index (χ0) is 12.9. The molecule has 1 amide bonds. The van der Waals surface area contributed by atoms with Gasteiger partial charge in [0, 0.05) is 6.07 Å². The Balaban J connectivity index is 2.84. The summed E-state index contributed by atoms with van der Waals surface area (Å²) in [4.78, 5) is 22.6. The number of hydrogen-bond acceptors (Lipinski definition) is 4. The van der Waals surface area contributed by atoms with Crippen molar-refractivity contribution in [2.75, 3.05) is 6.61 Å².